The van der Waals surface area contributed by atoms with Crippen LogP contribution in [0, 0.1) is 11.8 Å². The van der Waals surface area contributed by atoms with E-state index in [1.54, 1.807) is 10.9 Å². The zero-order valence-corrected chi connectivity index (χ0v) is 13.2. The number of nitrogens with one attached hydrogen (secondary N) is 1. The fourth-order valence-electron chi connectivity index (χ4n) is 2.95. The van der Waals surface area contributed by atoms with Gasteiger partial charge in [-0.2, -0.15) is 0 Å². The predicted molar refractivity (Wildman–Crippen MR) is 81.4 cm³/mol. The molecular formula is C15H27N5O. The van der Waals surface area contributed by atoms with Crippen molar-refractivity contribution in [3.05, 3.63) is 11.9 Å². The highest BCUT2D eigenvalue weighted by molar-refractivity contribution is 5.76. The summed E-state index contributed by atoms with van der Waals surface area (Å²) in [5.41, 5.74) is 6.65. The molecule has 0 radical (unpaired) electrons. The quantitative estimate of drug-likeness (QED) is 0.864. The van der Waals surface area contributed by atoms with Gasteiger partial charge in [0.2, 0.25) is 5.91 Å². The summed E-state index contributed by atoms with van der Waals surface area (Å²) in [6.45, 7) is 6.70. The van der Waals surface area contributed by atoms with Gasteiger partial charge in [0, 0.05) is 6.04 Å². The molecule has 3 N–H and O–H groups in total. The molecule has 1 aromatic rings. The van der Waals surface area contributed by atoms with Gasteiger partial charge in [0.05, 0.1) is 17.9 Å². The molecule has 6 heteroatoms. The molecule has 1 aliphatic rings. The van der Waals surface area contributed by atoms with Crippen LogP contribution >= 0.6 is 0 Å². The van der Waals surface area contributed by atoms with E-state index in [0.29, 0.717) is 11.8 Å². The summed E-state index contributed by atoms with van der Waals surface area (Å²) < 4.78 is 1.57. The normalized spacial score (nSPS) is 27.3. The van der Waals surface area contributed by atoms with E-state index in [9.17, 15) is 4.79 Å². The molecule has 1 fully saturated rings. The molecular weight excluding hydrogens is 266 g/mol. The third-order valence-corrected chi connectivity index (χ3v) is 4.73. The zero-order chi connectivity index (χ0) is 15.4. The Kier molecular flexibility index (Phi) is 5.33. The maximum absolute atomic E-state index is 12.2. The zero-order valence-electron chi connectivity index (χ0n) is 13.2. The summed E-state index contributed by atoms with van der Waals surface area (Å²) in [5, 5.41) is 11.1. The standard InChI is InChI=1S/C15H27N5O/c1-4-12(16)14-8-20(19-18-14)9-15(21)17-13-7-5-6-10(2)11(13)3/h8,10-13H,4-7,9,16H2,1-3H3,(H,17,21). The fraction of sp³-hybridized carbons (Fsp3) is 0.800. The summed E-state index contributed by atoms with van der Waals surface area (Å²) in [7, 11) is 0. The van der Waals surface area contributed by atoms with Crippen molar-refractivity contribution in [3.63, 3.8) is 0 Å². The molecule has 1 aromatic heterocycles. The third-order valence-electron chi connectivity index (χ3n) is 4.73. The molecule has 0 aromatic carbocycles. The Morgan fingerprint density at radius 1 is 1.52 bits per heavy atom. The van der Waals surface area contributed by atoms with Gasteiger partial charge in [-0.3, -0.25) is 4.79 Å². The lowest BCUT2D eigenvalue weighted by atomic mass is 9.78. The van der Waals surface area contributed by atoms with Crippen LogP contribution < -0.4 is 11.1 Å². The first-order valence-electron chi connectivity index (χ1n) is 7.96. The number of nitrogens with zero attached hydrogens (tertiary/aromatic N) is 3. The number of nitrogens with two attached hydrogens (primary N) is 1. The molecule has 4 unspecified atom stereocenters. The number of carbonyl (C=O) groups excluding carboxylic acids is 1. The second-order valence-corrected chi connectivity index (χ2v) is 6.30. The first-order valence-corrected chi connectivity index (χ1v) is 7.96. The van der Waals surface area contributed by atoms with E-state index >= 15 is 0 Å². The van der Waals surface area contributed by atoms with Gasteiger partial charge in [-0.25, -0.2) is 4.68 Å². The molecule has 118 valence electrons. The molecule has 4 atom stereocenters. The molecule has 1 amide bonds. The number of aromatic nitrogens is 3. The average Bonchev–Trinajstić information content (AvgIpc) is 2.91. The smallest absolute Gasteiger partial charge is 0.242 e. The minimum Gasteiger partial charge on any atom is -0.351 e. The Morgan fingerprint density at radius 3 is 3.00 bits per heavy atom. The molecule has 0 bridgehead atoms. The summed E-state index contributed by atoms with van der Waals surface area (Å²) >= 11 is 0. The molecule has 2 rings (SSSR count). The monoisotopic (exact) mass is 293 g/mol. The van der Waals surface area contributed by atoms with Crippen LogP contribution in [0.25, 0.3) is 0 Å². The highest BCUT2D eigenvalue weighted by atomic mass is 16.2. The van der Waals surface area contributed by atoms with Gasteiger partial charge in [0.15, 0.2) is 0 Å². The van der Waals surface area contributed by atoms with E-state index in [2.05, 4.69) is 29.5 Å². The van der Waals surface area contributed by atoms with Crippen molar-refractivity contribution in [2.45, 2.75) is 65.1 Å². The van der Waals surface area contributed by atoms with Crippen molar-refractivity contribution in [2.24, 2.45) is 17.6 Å². The van der Waals surface area contributed by atoms with E-state index in [0.717, 1.165) is 18.5 Å². The Bertz CT molecular complexity index is 472. The number of amides is 1. The molecule has 0 spiro atoms. The van der Waals surface area contributed by atoms with Gasteiger partial charge in [0.1, 0.15) is 6.54 Å². The lowest BCUT2D eigenvalue weighted by Crippen LogP contribution is -2.44. The lowest BCUT2D eigenvalue weighted by Gasteiger charge is -2.34. The van der Waals surface area contributed by atoms with Crippen molar-refractivity contribution < 1.29 is 4.79 Å². The largest absolute Gasteiger partial charge is 0.351 e. The van der Waals surface area contributed by atoms with E-state index in [1.165, 1.54) is 12.8 Å². The summed E-state index contributed by atoms with van der Waals surface area (Å²) in [5.74, 6) is 1.20. The molecule has 0 aliphatic heterocycles. The van der Waals surface area contributed by atoms with Gasteiger partial charge in [-0.05, 0) is 24.7 Å². The van der Waals surface area contributed by atoms with E-state index < -0.39 is 0 Å². The van der Waals surface area contributed by atoms with Gasteiger partial charge in [0.25, 0.3) is 0 Å². The SMILES string of the molecule is CCC(N)c1cn(CC(=O)NC2CCCC(C)C2C)nn1. The maximum atomic E-state index is 12.2. The van der Waals surface area contributed by atoms with Crippen molar-refractivity contribution in [1.29, 1.82) is 0 Å². The number of hydrogen-bond acceptors (Lipinski definition) is 4. The number of carbonyl (C=O) groups is 1. The first-order chi connectivity index (χ1) is 10.0. The fourth-order valence-corrected chi connectivity index (χ4v) is 2.95. The Morgan fingerprint density at radius 2 is 2.29 bits per heavy atom. The minimum atomic E-state index is -0.110. The van der Waals surface area contributed by atoms with Crippen LogP contribution in [0.1, 0.15) is 58.2 Å². The molecule has 1 saturated carbocycles. The van der Waals surface area contributed by atoms with Crippen LogP contribution in [-0.2, 0) is 11.3 Å². The van der Waals surface area contributed by atoms with Crippen LogP contribution in [0.5, 0.6) is 0 Å². The van der Waals surface area contributed by atoms with Gasteiger partial charge in [-0.15, -0.1) is 5.10 Å². The van der Waals surface area contributed by atoms with E-state index in [4.69, 9.17) is 5.73 Å². The predicted octanol–water partition coefficient (Wildman–Crippen LogP) is 1.63. The second-order valence-electron chi connectivity index (χ2n) is 6.30. The number of hydrogen-bond donors (Lipinski definition) is 2. The van der Waals surface area contributed by atoms with Crippen LogP contribution in [-0.4, -0.2) is 26.9 Å². The third kappa shape index (κ3) is 4.03. The number of rotatable bonds is 5. The highest BCUT2D eigenvalue weighted by Crippen LogP contribution is 2.29. The van der Waals surface area contributed by atoms with Crippen LogP contribution in [0.2, 0.25) is 0 Å². The van der Waals surface area contributed by atoms with Crippen LogP contribution in [0.15, 0.2) is 6.20 Å². The van der Waals surface area contributed by atoms with Crippen LogP contribution in [0.4, 0.5) is 0 Å². The van der Waals surface area contributed by atoms with Gasteiger partial charge < -0.3 is 11.1 Å². The molecule has 1 heterocycles. The lowest BCUT2D eigenvalue weighted by molar-refractivity contribution is -0.123. The van der Waals surface area contributed by atoms with Gasteiger partial charge >= 0.3 is 0 Å². The van der Waals surface area contributed by atoms with Crippen LogP contribution in [0.3, 0.4) is 0 Å². The maximum Gasteiger partial charge on any atom is 0.242 e. The summed E-state index contributed by atoms with van der Waals surface area (Å²) in [6.07, 6.45) is 6.09. The Labute approximate surface area is 126 Å². The van der Waals surface area contributed by atoms with E-state index in [1.807, 2.05) is 6.92 Å². The Balaban J connectivity index is 1.88. The molecule has 21 heavy (non-hydrogen) atoms. The second kappa shape index (κ2) is 7.02. The van der Waals surface area contributed by atoms with Crippen molar-refractivity contribution in [3.8, 4) is 0 Å². The van der Waals surface area contributed by atoms with Gasteiger partial charge in [-0.1, -0.05) is 38.8 Å². The summed E-state index contributed by atoms with van der Waals surface area (Å²) in [4.78, 5) is 12.2. The Hall–Kier alpha value is -1.43. The minimum absolute atomic E-state index is 0.00229. The molecule has 6 nitrogen and oxygen atoms in total. The first kappa shape index (κ1) is 15.9. The van der Waals surface area contributed by atoms with Crippen molar-refractivity contribution in [2.75, 3.05) is 0 Å². The molecule has 0 saturated heterocycles. The summed E-state index contributed by atoms with van der Waals surface area (Å²) in [6, 6.07) is 0.170. The van der Waals surface area contributed by atoms with E-state index in [-0.39, 0.29) is 24.5 Å². The molecule has 1 aliphatic carbocycles. The highest BCUT2D eigenvalue weighted by Gasteiger charge is 2.28. The van der Waals surface area contributed by atoms with Crippen molar-refractivity contribution in [1.82, 2.24) is 20.3 Å². The average molecular weight is 293 g/mol. The topological polar surface area (TPSA) is 85.8 Å². The van der Waals surface area contributed by atoms with Crippen molar-refractivity contribution >= 4 is 5.91 Å².